The van der Waals surface area contributed by atoms with E-state index in [4.69, 9.17) is 19.4 Å². The van der Waals surface area contributed by atoms with Crippen molar-refractivity contribution in [3.05, 3.63) is 34.5 Å². The van der Waals surface area contributed by atoms with Crippen LogP contribution < -0.4 is 4.74 Å². The van der Waals surface area contributed by atoms with Crippen LogP contribution in [0.25, 0.3) is 21.7 Å². The smallest absolute Gasteiger partial charge is 0.410 e. The number of ether oxygens (including phenoxy) is 2. The SMILES string of the molecule is COc1cc(C)cc(C)c1-c1ncc2sc(C3CCCN(C(=O)OC(C)(C)C)C3)nc2n1. The minimum Gasteiger partial charge on any atom is -0.496 e. The molecule has 1 aliphatic heterocycles. The maximum absolute atomic E-state index is 12.5. The fourth-order valence-corrected chi connectivity index (χ4v) is 5.10. The number of aromatic nitrogens is 3. The third-order valence-corrected chi connectivity index (χ3v) is 6.62. The number of hydrogen-bond acceptors (Lipinski definition) is 7. The highest BCUT2D eigenvalue weighted by Gasteiger charge is 2.30. The number of amides is 1. The Balaban J connectivity index is 1.61. The van der Waals surface area contributed by atoms with Crippen molar-refractivity contribution in [2.24, 2.45) is 0 Å². The van der Waals surface area contributed by atoms with E-state index < -0.39 is 5.60 Å². The molecule has 1 saturated heterocycles. The molecule has 0 bridgehead atoms. The summed E-state index contributed by atoms with van der Waals surface area (Å²) >= 11 is 1.61. The molecule has 4 rings (SSSR count). The number of likely N-dealkylation sites (tertiary alicyclic amines) is 1. The molecular weight excluding hydrogens is 424 g/mol. The Morgan fingerprint density at radius 3 is 2.72 bits per heavy atom. The van der Waals surface area contributed by atoms with E-state index in [2.05, 4.69) is 11.1 Å². The fraction of sp³-hybridized carbons (Fsp3) is 0.500. The quantitative estimate of drug-likeness (QED) is 0.520. The lowest BCUT2D eigenvalue weighted by molar-refractivity contribution is 0.0198. The minimum atomic E-state index is -0.499. The molecule has 1 fully saturated rings. The van der Waals surface area contributed by atoms with Gasteiger partial charge in [-0.15, -0.1) is 11.3 Å². The van der Waals surface area contributed by atoms with Gasteiger partial charge in [-0.2, -0.15) is 0 Å². The number of piperidine rings is 1. The van der Waals surface area contributed by atoms with Crippen molar-refractivity contribution in [3.8, 4) is 17.1 Å². The predicted molar refractivity (Wildman–Crippen MR) is 126 cm³/mol. The molecule has 1 atom stereocenters. The van der Waals surface area contributed by atoms with E-state index >= 15 is 0 Å². The number of hydrogen-bond donors (Lipinski definition) is 0. The number of thiazole rings is 1. The summed E-state index contributed by atoms with van der Waals surface area (Å²) in [6.45, 7) is 11.1. The second kappa shape index (κ2) is 8.65. The average molecular weight is 455 g/mol. The van der Waals surface area contributed by atoms with Crippen LogP contribution in [0, 0.1) is 13.8 Å². The molecule has 1 unspecified atom stereocenters. The number of carbonyl (C=O) groups is 1. The molecule has 1 aromatic carbocycles. The van der Waals surface area contributed by atoms with Gasteiger partial charge in [-0.1, -0.05) is 6.07 Å². The number of carbonyl (C=O) groups excluding carboxylic acids is 1. The normalized spacial score (nSPS) is 16.9. The Morgan fingerprint density at radius 1 is 1.22 bits per heavy atom. The van der Waals surface area contributed by atoms with Gasteiger partial charge in [-0.3, -0.25) is 0 Å². The van der Waals surface area contributed by atoms with Crippen molar-refractivity contribution in [2.75, 3.05) is 20.2 Å². The van der Waals surface area contributed by atoms with Crippen molar-refractivity contribution in [3.63, 3.8) is 0 Å². The molecule has 3 aromatic rings. The first-order valence-corrected chi connectivity index (χ1v) is 11.7. The number of aryl methyl sites for hydroxylation is 2. The molecule has 1 aliphatic rings. The van der Waals surface area contributed by atoms with Gasteiger partial charge in [0.1, 0.15) is 16.4 Å². The molecule has 3 heterocycles. The second-order valence-electron chi connectivity index (χ2n) is 9.36. The zero-order chi connectivity index (χ0) is 23.0. The number of benzene rings is 1. The molecular formula is C24H30N4O3S. The van der Waals surface area contributed by atoms with Gasteiger partial charge in [-0.25, -0.2) is 19.7 Å². The van der Waals surface area contributed by atoms with Gasteiger partial charge in [0, 0.05) is 19.0 Å². The Morgan fingerprint density at radius 2 is 2.00 bits per heavy atom. The van der Waals surface area contributed by atoms with Crippen LogP contribution >= 0.6 is 11.3 Å². The molecule has 0 saturated carbocycles. The molecule has 1 amide bonds. The summed E-state index contributed by atoms with van der Waals surface area (Å²) in [7, 11) is 1.66. The first-order chi connectivity index (χ1) is 15.1. The Kier molecular flexibility index (Phi) is 6.07. The summed E-state index contributed by atoms with van der Waals surface area (Å²) < 4.78 is 12.1. The summed E-state index contributed by atoms with van der Waals surface area (Å²) in [5.74, 6) is 1.55. The maximum atomic E-state index is 12.5. The van der Waals surface area contributed by atoms with Gasteiger partial charge in [0.15, 0.2) is 11.5 Å². The number of rotatable bonds is 3. The molecule has 8 heteroatoms. The van der Waals surface area contributed by atoms with Crippen LogP contribution in [0.2, 0.25) is 0 Å². The van der Waals surface area contributed by atoms with Crippen LogP contribution in [0.4, 0.5) is 4.79 Å². The van der Waals surface area contributed by atoms with Crippen molar-refractivity contribution >= 4 is 27.8 Å². The molecule has 0 N–H and O–H groups in total. The van der Waals surface area contributed by atoms with Gasteiger partial charge in [0.2, 0.25) is 0 Å². The summed E-state index contributed by atoms with van der Waals surface area (Å²) in [5.41, 5.74) is 3.28. The zero-order valence-electron chi connectivity index (χ0n) is 19.6. The first-order valence-electron chi connectivity index (χ1n) is 10.9. The third kappa shape index (κ3) is 4.70. The predicted octanol–water partition coefficient (Wildman–Crippen LogP) is 5.49. The summed E-state index contributed by atoms with van der Waals surface area (Å²) in [6.07, 6.45) is 3.50. The van der Waals surface area contributed by atoms with Crippen molar-refractivity contribution in [1.82, 2.24) is 19.9 Å². The molecule has 7 nitrogen and oxygen atoms in total. The van der Waals surface area contributed by atoms with Crippen molar-refractivity contribution in [2.45, 2.75) is 59.0 Å². The highest BCUT2D eigenvalue weighted by Crippen LogP contribution is 2.36. The molecule has 2 aromatic heterocycles. The van der Waals surface area contributed by atoms with E-state index in [9.17, 15) is 4.79 Å². The zero-order valence-corrected chi connectivity index (χ0v) is 20.4. The molecule has 170 valence electrons. The van der Waals surface area contributed by atoms with E-state index in [0.29, 0.717) is 24.6 Å². The van der Waals surface area contributed by atoms with Crippen LogP contribution in [-0.4, -0.2) is 51.7 Å². The van der Waals surface area contributed by atoms with Crippen LogP contribution in [0.15, 0.2) is 18.3 Å². The lowest BCUT2D eigenvalue weighted by atomic mass is 9.99. The van der Waals surface area contributed by atoms with Crippen molar-refractivity contribution in [1.29, 1.82) is 0 Å². The van der Waals surface area contributed by atoms with Gasteiger partial charge < -0.3 is 14.4 Å². The summed E-state index contributed by atoms with van der Waals surface area (Å²) in [4.78, 5) is 28.5. The van der Waals surface area contributed by atoms with E-state index in [1.807, 2.05) is 46.9 Å². The lowest BCUT2D eigenvalue weighted by Crippen LogP contribution is -2.42. The first kappa shape index (κ1) is 22.5. The van der Waals surface area contributed by atoms with E-state index in [1.165, 1.54) is 0 Å². The number of nitrogens with zero attached hydrogens (tertiary/aromatic N) is 4. The molecule has 0 spiro atoms. The van der Waals surface area contributed by atoms with Crippen LogP contribution in [-0.2, 0) is 4.74 Å². The van der Waals surface area contributed by atoms with E-state index in [1.54, 1.807) is 23.3 Å². The maximum Gasteiger partial charge on any atom is 0.410 e. The molecule has 0 radical (unpaired) electrons. The fourth-order valence-electron chi connectivity index (χ4n) is 4.10. The summed E-state index contributed by atoms with van der Waals surface area (Å²) in [5, 5.41) is 0.993. The average Bonchev–Trinajstić information content (AvgIpc) is 3.15. The largest absolute Gasteiger partial charge is 0.496 e. The Bertz CT molecular complexity index is 1150. The van der Waals surface area contributed by atoms with Gasteiger partial charge >= 0.3 is 6.09 Å². The third-order valence-electron chi connectivity index (χ3n) is 5.48. The van der Waals surface area contributed by atoms with E-state index in [-0.39, 0.29) is 12.0 Å². The Hall–Kier alpha value is -2.74. The Labute approximate surface area is 192 Å². The topological polar surface area (TPSA) is 77.4 Å². The number of fused-ring (bicyclic) bond motifs is 1. The highest BCUT2D eigenvalue weighted by molar-refractivity contribution is 7.18. The van der Waals surface area contributed by atoms with Gasteiger partial charge in [-0.05, 0) is 64.7 Å². The van der Waals surface area contributed by atoms with E-state index in [0.717, 1.165) is 45.0 Å². The monoisotopic (exact) mass is 454 g/mol. The summed E-state index contributed by atoms with van der Waals surface area (Å²) in [6, 6.07) is 4.10. The van der Waals surface area contributed by atoms with Crippen molar-refractivity contribution < 1.29 is 14.3 Å². The standard InChI is InChI=1S/C24H30N4O3S/c1-14-10-15(2)19(17(11-14)30-6)21-25-12-18-20(26-21)27-22(32-18)16-8-7-9-28(13-16)23(29)31-24(3,4)5/h10-12,16H,7-9,13H2,1-6H3. The van der Waals surface area contributed by atoms with Crippen LogP contribution in [0.5, 0.6) is 5.75 Å². The molecule has 32 heavy (non-hydrogen) atoms. The van der Waals surface area contributed by atoms with Crippen LogP contribution in [0.3, 0.4) is 0 Å². The number of methoxy groups -OCH3 is 1. The lowest BCUT2D eigenvalue weighted by Gasteiger charge is -2.33. The molecule has 0 aliphatic carbocycles. The second-order valence-corrected chi connectivity index (χ2v) is 10.4. The van der Waals surface area contributed by atoms with Crippen LogP contribution in [0.1, 0.15) is 55.7 Å². The van der Waals surface area contributed by atoms with Gasteiger partial charge in [0.25, 0.3) is 0 Å². The van der Waals surface area contributed by atoms with Gasteiger partial charge in [0.05, 0.1) is 23.6 Å². The highest BCUT2D eigenvalue weighted by atomic mass is 32.1. The minimum absolute atomic E-state index is 0.176.